The maximum atomic E-state index is 5.58. The van der Waals surface area contributed by atoms with Crippen LogP contribution in [0.4, 0.5) is 0 Å². The lowest BCUT2D eigenvalue weighted by molar-refractivity contribution is 0.351. The number of nitrogens with zero attached hydrogens (tertiary/aromatic N) is 1. The highest BCUT2D eigenvalue weighted by molar-refractivity contribution is 5.27. The second-order valence-electron chi connectivity index (χ2n) is 4.84. The smallest absolute Gasteiger partial charge is 0.118 e. The number of nitrogens with two attached hydrogens (primary N) is 1. The molecule has 0 saturated heterocycles. The van der Waals surface area contributed by atoms with E-state index in [9.17, 15) is 0 Å². The highest BCUT2D eigenvalue weighted by Crippen LogP contribution is 2.13. The third-order valence-electron chi connectivity index (χ3n) is 3.10. The molecule has 1 unspecified atom stereocenters. The molecule has 18 heavy (non-hydrogen) atoms. The molecule has 4 nitrogen and oxygen atoms in total. The number of methoxy groups -OCH3 is 1. The lowest BCUT2D eigenvalue weighted by atomic mass is 10.0. The van der Waals surface area contributed by atoms with Gasteiger partial charge < -0.3 is 9.64 Å². The number of hydrogen-bond acceptors (Lipinski definition) is 4. The fraction of sp³-hybridized carbons (Fsp3) is 0.571. The Bertz CT molecular complexity index is 324. The number of hydrogen-bond donors (Lipinski definition) is 2. The summed E-state index contributed by atoms with van der Waals surface area (Å²) in [5, 5.41) is 0. The summed E-state index contributed by atoms with van der Waals surface area (Å²) in [7, 11) is 5.85. The van der Waals surface area contributed by atoms with Gasteiger partial charge in [0.05, 0.1) is 7.11 Å². The molecule has 0 aromatic heterocycles. The predicted molar refractivity (Wildman–Crippen MR) is 75.6 cm³/mol. The van der Waals surface area contributed by atoms with E-state index in [4.69, 9.17) is 10.6 Å². The zero-order chi connectivity index (χ0) is 13.4. The van der Waals surface area contributed by atoms with Crippen LogP contribution < -0.4 is 16.0 Å². The molecule has 4 heteroatoms. The molecular formula is C14H25N3O. The zero-order valence-corrected chi connectivity index (χ0v) is 11.6. The number of benzene rings is 1. The molecule has 1 rings (SSSR count). The summed E-state index contributed by atoms with van der Waals surface area (Å²) in [4.78, 5) is 2.18. The van der Waals surface area contributed by atoms with Crippen molar-refractivity contribution in [2.45, 2.75) is 25.3 Å². The molecule has 0 saturated carbocycles. The van der Waals surface area contributed by atoms with Crippen molar-refractivity contribution in [1.29, 1.82) is 0 Å². The summed E-state index contributed by atoms with van der Waals surface area (Å²) in [5.74, 6) is 6.48. The first kappa shape index (κ1) is 15.0. The van der Waals surface area contributed by atoms with Gasteiger partial charge in [-0.15, -0.1) is 0 Å². The molecule has 1 aromatic rings. The number of hydrazine groups is 1. The maximum Gasteiger partial charge on any atom is 0.118 e. The maximum absolute atomic E-state index is 5.58. The Morgan fingerprint density at radius 3 is 2.39 bits per heavy atom. The minimum Gasteiger partial charge on any atom is -0.497 e. The van der Waals surface area contributed by atoms with E-state index >= 15 is 0 Å². The molecule has 0 aliphatic rings. The molecule has 0 heterocycles. The normalized spacial score (nSPS) is 12.7. The van der Waals surface area contributed by atoms with Crippen LogP contribution in [0, 0.1) is 0 Å². The van der Waals surface area contributed by atoms with Crippen molar-refractivity contribution in [1.82, 2.24) is 10.3 Å². The number of aryl methyl sites for hydroxylation is 1. The highest BCUT2D eigenvalue weighted by atomic mass is 16.5. The SMILES string of the molecule is COc1ccc(CCC(CCN(C)C)NN)cc1. The molecule has 0 bridgehead atoms. The fourth-order valence-corrected chi connectivity index (χ4v) is 1.86. The predicted octanol–water partition coefficient (Wildman–Crippen LogP) is 1.41. The first-order valence-corrected chi connectivity index (χ1v) is 6.39. The Kier molecular flexibility index (Phi) is 6.72. The van der Waals surface area contributed by atoms with Gasteiger partial charge in [-0.25, -0.2) is 0 Å². The summed E-state index contributed by atoms with van der Waals surface area (Å²) in [5.41, 5.74) is 4.22. The van der Waals surface area contributed by atoms with E-state index < -0.39 is 0 Å². The van der Waals surface area contributed by atoms with Gasteiger partial charge in [-0.2, -0.15) is 0 Å². The number of nitrogens with one attached hydrogen (secondary N) is 1. The van der Waals surface area contributed by atoms with E-state index in [-0.39, 0.29) is 0 Å². The Balaban J connectivity index is 2.36. The van der Waals surface area contributed by atoms with Gasteiger partial charge in [-0.1, -0.05) is 12.1 Å². The second-order valence-corrected chi connectivity index (χ2v) is 4.84. The van der Waals surface area contributed by atoms with Crippen LogP contribution in [0.2, 0.25) is 0 Å². The van der Waals surface area contributed by atoms with Crippen molar-refractivity contribution in [3.05, 3.63) is 29.8 Å². The molecule has 3 N–H and O–H groups in total. The summed E-state index contributed by atoms with van der Waals surface area (Å²) in [6.45, 7) is 1.05. The van der Waals surface area contributed by atoms with Gasteiger partial charge in [0.1, 0.15) is 5.75 Å². The van der Waals surface area contributed by atoms with Crippen molar-refractivity contribution in [2.75, 3.05) is 27.7 Å². The number of rotatable bonds is 8. The molecule has 0 spiro atoms. The van der Waals surface area contributed by atoms with Gasteiger partial charge in [-0.05, 0) is 57.6 Å². The van der Waals surface area contributed by atoms with E-state index in [1.165, 1.54) is 5.56 Å². The minimum atomic E-state index is 0.370. The van der Waals surface area contributed by atoms with Crippen LogP contribution in [-0.4, -0.2) is 38.7 Å². The zero-order valence-electron chi connectivity index (χ0n) is 11.6. The lowest BCUT2D eigenvalue weighted by Gasteiger charge is -2.18. The van der Waals surface area contributed by atoms with Crippen LogP contribution in [0.25, 0.3) is 0 Å². The van der Waals surface area contributed by atoms with E-state index in [0.29, 0.717) is 6.04 Å². The van der Waals surface area contributed by atoms with Gasteiger partial charge in [0.2, 0.25) is 0 Å². The summed E-state index contributed by atoms with van der Waals surface area (Å²) < 4.78 is 5.14. The monoisotopic (exact) mass is 251 g/mol. The summed E-state index contributed by atoms with van der Waals surface area (Å²) >= 11 is 0. The molecule has 1 aromatic carbocycles. The van der Waals surface area contributed by atoms with Crippen LogP contribution in [0.3, 0.4) is 0 Å². The molecular weight excluding hydrogens is 226 g/mol. The molecule has 0 radical (unpaired) electrons. The van der Waals surface area contributed by atoms with E-state index in [0.717, 1.165) is 31.6 Å². The van der Waals surface area contributed by atoms with Crippen molar-refractivity contribution < 1.29 is 4.74 Å². The van der Waals surface area contributed by atoms with Crippen molar-refractivity contribution >= 4 is 0 Å². The fourth-order valence-electron chi connectivity index (χ4n) is 1.86. The number of ether oxygens (including phenoxy) is 1. The first-order chi connectivity index (χ1) is 8.65. The van der Waals surface area contributed by atoms with E-state index in [2.05, 4.69) is 36.6 Å². The van der Waals surface area contributed by atoms with E-state index in [1.807, 2.05) is 12.1 Å². The molecule has 102 valence electrons. The Hall–Kier alpha value is -1.10. The molecule has 0 aliphatic carbocycles. The molecule has 0 aliphatic heterocycles. The van der Waals surface area contributed by atoms with Crippen LogP contribution in [0.15, 0.2) is 24.3 Å². The van der Waals surface area contributed by atoms with Gasteiger partial charge in [-0.3, -0.25) is 11.3 Å². The summed E-state index contributed by atoms with van der Waals surface area (Å²) in [6.07, 6.45) is 3.16. The van der Waals surface area contributed by atoms with Gasteiger partial charge in [0.25, 0.3) is 0 Å². The second kappa shape index (κ2) is 8.08. The summed E-state index contributed by atoms with van der Waals surface area (Å²) in [6, 6.07) is 8.59. The van der Waals surface area contributed by atoms with Crippen LogP contribution in [0.5, 0.6) is 5.75 Å². The standard InChI is InChI=1S/C14H25N3O/c1-17(2)11-10-13(16-15)7-4-12-5-8-14(18-3)9-6-12/h5-6,8-9,13,16H,4,7,10-11,15H2,1-3H3. The Morgan fingerprint density at radius 2 is 1.89 bits per heavy atom. The van der Waals surface area contributed by atoms with Crippen molar-refractivity contribution in [3.8, 4) is 5.75 Å². The van der Waals surface area contributed by atoms with Crippen LogP contribution >= 0.6 is 0 Å². The molecule has 0 amide bonds. The van der Waals surface area contributed by atoms with Gasteiger partial charge in [0.15, 0.2) is 0 Å². The lowest BCUT2D eigenvalue weighted by Crippen LogP contribution is -2.37. The first-order valence-electron chi connectivity index (χ1n) is 6.39. The highest BCUT2D eigenvalue weighted by Gasteiger charge is 2.07. The third-order valence-corrected chi connectivity index (χ3v) is 3.10. The topological polar surface area (TPSA) is 50.5 Å². The third kappa shape index (κ3) is 5.49. The quantitative estimate of drug-likeness (QED) is 0.542. The van der Waals surface area contributed by atoms with Gasteiger partial charge in [0, 0.05) is 6.04 Å². The van der Waals surface area contributed by atoms with E-state index in [1.54, 1.807) is 7.11 Å². The Morgan fingerprint density at radius 1 is 1.22 bits per heavy atom. The average molecular weight is 251 g/mol. The molecule has 0 fully saturated rings. The van der Waals surface area contributed by atoms with Crippen LogP contribution in [0.1, 0.15) is 18.4 Å². The van der Waals surface area contributed by atoms with Crippen molar-refractivity contribution in [3.63, 3.8) is 0 Å². The average Bonchev–Trinajstić information content (AvgIpc) is 2.39. The Labute approximate surface area is 110 Å². The minimum absolute atomic E-state index is 0.370. The molecule has 1 atom stereocenters. The van der Waals surface area contributed by atoms with Gasteiger partial charge >= 0.3 is 0 Å². The largest absolute Gasteiger partial charge is 0.497 e. The van der Waals surface area contributed by atoms with Crippen molar-refractivity contribution in [2.24, 2.45) is 5.84 Å². The van der Waals surface area contributed by atoms with Crippen LogP contribution in [-0.2, 0) is 6.42 Å².